The number of hydrogen-bond donors (Lipinski definition) is 1. The van der Waals surface area contributed by atoms with Gasteiger partial charge in [0.1, 0.15) is 29.9 Å². The Kier molecular flexibility index (Phi) is 12.4. The minimum absolute atomic E-state index is 0.0179. The summed E-state index contributed by atoms with van der Waals surface area (Å²) in [5.41, 5.74) is 1.33. The molecule has 0 aliphatic rings. The van der Waals surface area contributed by atoms with E-state index in [-0.39, 0.29) is 35.0 Å². The number of likely N-dealkylation sites (N-methyl/N-ethyl adjacent to an activating group) is 1. The first-order valence-electron chi connectivity index (χ1n) is 15.4. The molecule has 260 valence electrons. The second-order valence-electron chi connectivity index (χ2n) is 10.8. The van der Waals surface area contributed by atoms with Crippen molar-refractivity contribution in [3.8, 4) is 23.0 Å². The molecule has 0 aliphatic heterocycles. The Morgan fingerprint density at radius 3 is 2.04 bits per heavy atom. The summed E-state index contributed by atoms with van der Waals surface area (Å²) < 4.78 is 65.5. The Hall–Kier alpha value is -5.30. The minimum Gasteiger partial charge on any atom is -0.497 e. The van der Waals surface area contributed by atoms with Crippen LogP contribution in [0.4, 0.5) is 10.1 Å². The van der Waals surface area contributed by atoms with E-state index in [0.29, 0.717) is 23.6 Å². The summed E-state index contributed by atoms with van der Waals surface area (Å²) in [7, 11) is 1.08. The van der Waals surface area contributed by atoms with E-state index in [4.69, 9.17) is 18.9 Å². The molecule has 4 aromatic rings. The van der Waals surface area contributed by atoms with Gasteiger partial charge in [-0.25, -0.2) is 12.8 Å². The molecule has 2 amide bonds. The van der Waals surface area contributed by atoms with Gasteiger partial charge in [-0.3, -0.25) is 13.9 Å². The highest BCUT2D eigenvalue weighted by molar-refractivity contribution is 7.92. The largest absolute Gasteiger partial charge is 0.497 e. The highest BCUT2D eigenvalue weighted by Crippen LogP contribution is 2.38. The summed E-state index contributed by atoms with van der Waals surface area (Å²) in [6.07, 6.45) is 0.129. The number of sulfonamides is 1. The number of benzene rings is 4. The van der Waals surface area contributed by atoms with Gasteiger partial charge in [-0.05, 0) is 54.4 Å². The Morgan fingerprint density at radius 1 is 0.776 bits per heavy atom. The van der Waals surface area contributed by atoms with Crippen molar-refractivity contribution < 1.29 is 41.3 Å². The summed E-state index contributed by atoms with van der Waals surface area (Å²) in [6.45, 7) is 1.19. The van der Waals surface area contributed by atoms with Crippen LogP contribution < -0.4 is 28.6 Å². The molecule has 13 heteroatoms. The number of amides is 2. The lowest BCUT2D eigenvalue weighted by Gasteiger charge is -2.34. The van der Waals surface area contributed by atoms with Crippen molar-refractivity contribution in [3.63, 3.8) is 0 Å². The number of ether oxygens (including phenoxy) is 4. The van der Waals surface area contributed by atoms with Crippen LogP contribution in [0.25, 0.3) is 0 Å². The molecule has 0 bridgehead atoms. The lowest BCUT2D eigenvalue weighted by atomic mass is 10.0. The van der Waals surface area contributed by atoms with Crippen LogP contribution in [0.15, 0.2) is 95.9 Å². The number of halogens is 1. The molecule has 1 atom stereocenters. The zero-order chi connectivity index (χ0) is 35.6. The monoisotopic (exact) mass is 693 g/mol. The number of hydrogen-bond acceptors (Lipinski definition) is 8. The maximum Gasteiger partial charge on any atom is 0.265 e. The van der Waals surface area contributed by atoms with Crippen LogP contribution in [0, 0.1) is 5.82 Å². The number of nitrogens with zero attached hydrogens (tertiary/aromatic N) is 2. The molecular weight excluding hydrogens is 653 g/mol. The molecule has 4 aromatic carbocycles. The van der Waals surface area contributed by atoms with Gasteiger partial charge in [-0.15, -0.1) is 0 Å². The van der Waals surface area contributed by atoms with Gasteiger partial charge in [0.25, 0.3) is 10.0 Å². The van der Waals surface area contributed by atoms with Crippen LogP contribution in [0.2, 0.25) is 0 Å². The predicted molar refractivity (Wildman–Crippen MR) is 183 cm³/mol. The molecule has 11 nitrogen and oxygen atoms in total. The van der Waals surface area contributed by atoms with Crippen molar-refractivity contribution in [1.82, 2.24) is 10.2 Å². The number of carbonyl (C=O) groups is 2. The molecule has 0 spiro atoms. The molecule has 1 N–H and O–H groups in total. The van der Waals surface area contributed by atoms with Gasteiger partial charge in [0, 0.05) is 31.6 Å². The van der Waals surface area contributed by atoms with Gasteiger partial charge < -0.3 is 29.2 Å². The fraction of sp³-hybridized carbons (Fsp3) is 0.278. The van der Waals surface area contributed by atoms with Crippen LogP contribution >= 0.6 is 0 Å². The zero-order valence-corrected chi connectivity index (χ0v) is 28.8. The SMILES string of the molecule is CCNC(=O)[C@H](Cc1ccccc1)N(Cc1ccc(F)cc1)C(=O)CN(c1cc(OC)ccc1OC)S(=O)(=O)c1ccc(OC)c(OC)c1. The molecule has 49 heavy (non-hydrogen) atoms. The van der Waals surface area contributed by atoms with Crippen molar-refractivity contribution in [2.24, 2.45) is 0 Å². The molecule has 4 rings (SSSR count). The van der Waals surface area contributed by atoms with E-state index < -0.39 is 40.2 Å². The average Bonchev–Trinajstić information content (AvgIpc) is 3.12. The predicted octanol–water partition coefficient (Wildman–Crippen LogP) is 4.83. The zero-order valence-electron chi connectivity index (χ0n) is 28.0. The quantitative estimate of drug-likeness (QED) is 0.177. The number of nitrogens with one attached hydrogen (secondary N) is 1. The number of carbonyl (C=O) groups excluding carboxylic acids is 2. The van der Waals surface area contributed by atoms with E-state index in [9.17, 15) is 22.4 Å². The van der Waals surface area contributed by atoms with Crippen LogP contribution in [-0.2, 0) is 32.6 Å². The van der Waals surface area contributed by atoms with E-state index in [1.54, 1.807) is 13.0 Å². The molecule has 0 fully saturated rings. The summed E-state index contributed by atoms with van der Waals surface area (Å²) in [6, 6.07) is 22.3. The normalized spacial score (nSPS) is 11.6. The maximum atomic E-state index is 14.6. The molecule has 0 saturated carbocycles. The fourth-order valence-corrected chi connectivity index (χ4v) is 6.67. The molecule has 0 aliphatic carbocycles. The topological polar surface area (TPSA) is 124 Å². The summed E-state index contributed by atoms with van der Waals surface area (Å²) in [4.78, 5) is 29.4. The molecular formula is C36H40FN3O8S. The van der Waals surface area contributed by atoms with Gasteiger partial charge in [0.15, 0.2) is 11.5 Å². The standard InChI is InChI=1S/C36H40FN3O8S/c1-6-38-36(42)31(20-25-10-8-7-9-11-25)39(23-26-12-14-27(37)15-13-26)35(41)24-40(30-21-28(45-2)16-18-32(30)46-3)49(43,44)29-17-19-33(47-4)34(22-29)48-5/h7-19,21-22,31H,6,20,23-24H2,1-5H3,(H,38,42)/t31-/m0/s1. The van der Waals surface area contributed by atoms with E-state index in [1.807, 2.05) is 30.3 Å². The molecule has 0 saturated heterocycles. The lowest BCUT2D eigenvalue weighted by Crippen LogP contribution is -2.53. The first kappa shape index (κ1) is 36.5. The number of rotatable bonds is 16. The number of methoxy groups -OCH3 is 4. The van der Waals surface area contributed by atoms with E-state index >= 15 is 0 Å². The summed E-state index contributed by atoms with van der Waals surface area (Å²) in [5, 5.41) is 2.81. The van der Waals surface area contributed by atoms with E-state index in [2.05, 4.69) is 5.32 Å². The summed E-state index contributed by atoms with van der Waals surface area (Å²) in [5.74, 6) is -0.691. The number of anilines is 1. The fourth-order valence-electron chi connectivity index (χ4n) is 5.24. The highest BCUT2D eigenvalue weighted by Gasteiger charge is 2.36. The van der Waals surface area contributed by atoms with Gasteiger partial charge >= 0.3 is 0 Å². The van der Waals surface area contributed by atoms with Crippen LogP contribution in [0.3, 0.4) is 0 Å². The average molecular weight is 694 g/mol. The van der Waals surface area contributed by atoms with Gasteiger partial charge in [-0.1, -0.05) is 42.5 Å². The Balaban J connectivity index is 1.89. The Morgan fingerprint density at radius 2 is 1.43 bits per heavy atom. The van der Waals surface area contributed by atoms with Crippen molar-refractivity contribution in [1.29, 1.82) is 0 Å². The molecule has 0 radical (unpaired) electrons. The maximum absolute atomic E-state index is 14.6. The molecule has 0 aromatic heterocycles. The second-order valence-corrected chi connectivity index (χ2v) is 12.7. The first-order valence-corrected chi connectivity index (χ1v) is 16.8. The van der Waals surface area contributed by atoms with Gasteiger partial charge in [0.05, 0.1) is 39.0 Å². The summed E-state index contributed by atoms with van der Waals surface area (Å²) >= 11 is 0. The smallest absolute Gasteiger partial charge is 0.265 e. The van der Waals surface area contributed by atoms with Crippen molar-refractivity contribution in [2.45, 2.75) is 30.8 Å². The third kappa shape index (κ3) is 8.79. The van der Waals surface area contributed by atoms with Crippen molar-refractivity contribution >= 4 is 27.5 Å². The van der Waals surface area contributed by atoms with E-state index in [1.165, 1.54) is 87.9 Å². The van der Waals surface area contributed by atoms with E-state index in [0.717, 1.165) is 9.87 Å². The first-order chi connectivity index (χ1) is 23.6. The van der Waals surface area contributed by atoms with Gasteiger partial charge in [0.2, 0.25) is 11.8 Å². The highest BCUT2D eigenvalue weighted by atomic mass is 32.2. The van der Waals surface area contributed by atoms with Crippen molar-refractivity contribution in [3.05, 3.63) is 108 Å². The van der Waals surface area contributed by atoms with Crippen LogP contribution in [-0.4, -0.2) is 72.7 Å². The second kappa shape index (κ2) is 16.7. The molecule has 0 heterocycles. The third-order valence-electron chi connectivity index (χ3n) is 7.76. The molecule has 0 unspecified atom stereocenters. The van der Waals surface area contributed by atoms with Gasteiger partial charge in [-0.2, -0.15) is 0 Å². The van der Waals surface area contributed by atoms with Crippen molar-refractivity contribution in [2.75, 3.05) is 45.8 Å². The van der Waals surface area contributed by atoms with Crippen LogP contribution in [0.5, 0.6) is 23.0 Å². The Bertz CT molecular complexity index is 1840. The third-order valence-corrected chi connectivity index (χ3v) is 9.52. The minimum atomic E-state index is -4.53. The lowest BCUT2D eigenvalue weighted by molar-refractivity contribution is -0.140. The van der Waals surface area contributed by atoms with Crippen LogP contribution in [0.1, 0.15) is 18.1 Å². The Labute approximate surface area is 286 Å².